The van der Waals surface area contributed by atoms with Gasteiger partial charge in [-0.2, -0.15) is 5.26 Å². The molecule has 1 rings (SSSR count). The predicted molar refractivity (Wildman–Crippen MR) is 60.2 cm³/mol. The third-order valence-corrected chi connectivity index (χ3v) is 2.08. The van der Waals surface area contributed by atoms with Crippen LogP contribution < -0.4 is 5.73 Å². The summed E-state index contributed by atoms with van der Waals surface area (Å²) in [4.78, 5) is 0. The smallest absolute Gasteiger partial charge is 0.0995 e. The van der Waals surface area contributed by atoms with Crippen LogP contribution in [0.4, 0.5) is 0 Å². The van der Waals surface area contributed by atoms with Crippen molar-refractivity contribution >= 4 is 12.4 Å². The molecule has 0 amide bonds. The van der Waals surface area contributed by atoms with E-state index >= 15 is 0 Å². The molecule has 3 heteroatoms. The van der Waals surface area contributed by atoms with Crippen molar-refractivity contribution < 1.29 is 0 Å². The molecule has 0 aliphatic carbocycles. The summed E-state index contributed by atoms with van der Waals surface area (Å²) in [5.41, 5.74) is 7.59. The van der Waals surface area contributed by atoms with Crippen LogP contribution in [0.3, 0.4) is 0 Å². The van der Waals surface area contributed by atoms with Gasteiger partial charge in [-0.1, -0.05) is 31.5 Å². The van der Waals surface area contributed by atoms with Gasteiger partial charge in [0.2, 0.25) is 0 Å². The Bertz CT molecular complexity index is 317. The van der Waals surface area contributed by atoms with Gasteiger partial charge < -0.3 is 5.73 Å². The fraction of sp³-hybridized carbons (Fsp3) is 0.364. The zero-order valence-electron chi connectivity index (χ0n) is 8.23. The standard InChI is InChI=1S/C11H14N2.ClH/c1-2-5-11(13)10-7-4-3-6-9(10)8-12;/h3-4,6-7,11H,2,5,13H2,1H3;1H/t11-;/m1./s1. The summed E-state index contributed by atoms with van der Waals surface area (Å²) in [7, 11) is 0. The van der Waals surface area contributed by atoms with Gasteiger partial charge in [0.15, 0.2) is 0 Å². The summed E-state index contributed by atoms with van der Waals surface area (Å²) in [6.07, 6.45) is 1.97. The molecule has 14 heavy (non-hydrogen) atoms. The summed E-state index contributed by atoms with van der Waals surface area (Å²) >= 11 is 0. The van der Waals surface area contributed by atoms with Crippen molar-refractivity contribution in [1.29, 1.82) is 5.26 Å². The first-order valence-electron chi connectivity index (χ1n) is 4.54. The maximum Gasteiger partial charge on any atom is 0.0995 e. The van der Waals surface area contributed by atoms with Crippen LogP contribution in [-0.4, -0.2) is 0 Å². The van der Waals surface area contributed by atoms with Crippen LogP contribution >= 0.6 is 12.4 Å². The minimum Gasteiger partial charge on any atom is -0.324 e. The van der Waals surface area contributed by atoms with Gasteiger partial charge in [-0.05, 0) is 18.1 Å². The molecule has 2 N–H and O–H groups in total. The lowest BCUT2D eigenvalue weighted by atomic mass is 9.98. The Morgan fingerprint density at radius 3 is 2.64 bits per heavy atom. The van der Waals surface area contributed by atoms with E-state index < -0.39 is 0 Å². The van der Waals surface area contributed by atoms with E-state index in [2.05, 4.69) is 13.0 Å². The molecule has 1 aromatic rings. The number of rotatable bonds is 3. The molecular weight excluding hydrogens is 196 g/mol. The summed E-state index contributed by atoms with van der Waals surface area (Å²) in [6.45, 7) is 2.09. The average molecular weight is 211 g/mol. The fourth-order valence-electron chi connectivity index (χ4n) is 1.39. The molecule has 0 aliphatic heterocycles. The minimum absolute atomic E-state index is 0. The van der Waals surface area contributed by atoms with Crippen molar-refractivity contribution in [3.63, 3.8) is 0 Å². The van der Waals surface area contributed by atoms with Crippen molar-refractivity contribution in [3.05, 3.63) is 35.4 Å². The van der Waals surface area contributed by atoms with Crippen LogP contribution in [0.25, 0.3) is 0 Å². The molecule has 0 bridgehead atoms. The minimum atomic E-state index is 0. The molecule has 0 saturated carbocycles. The lowest BCUT2D eigenvalue weighted by Crippen LogP contribution is -2.11. The maximum atomic E-state index is 8.83. The molecule has 0 heterocycles. The van der Waals surface area contributed by atoms with Crippen LogP contribution in [0.1, 0.15) is 36.9 Å². The number of hydrogen-bond acceptors (Lipinski definition) is 2. The first-order valence-corrected chi connectivity index (χ1v) is 4.54. The van der Waals surface area contributed by atoms with Gasteiger partial charge in [-0.3, -0.25) is 0 Å². The zero-order chi connectivity index (χ0) is 9.68. The molecule has 0 aromatic heterocycles. The largest absolute Gasteiger partial charge is 0.324 e. The molecule has 1 atom stereocenters. The first-order chi connectivity index (χ1) is 6.29. The predicted octanol–water partition coefficient (Wildman–Crippen LogP) is 2.78. The molecule has 0 saturated heterocycles. The number of nitriles is 1. The number of nitrogens with two attached hydrogens (primary N) is 1. The van der Waals surface area contributed by atoms with E-state index in [1.807, 2.05) is 24.3 Å². The quantitative estimate of drug-likeness (QED) is 0.834. The Balaban J connectivity index is 0.00000169. The Morgan fingerprint density at radius 2 is 2.07 bits per heavy atom. The van der Waals surface area contributed by atoms with Crippen LogP contribution in [0.2, 0.25) is 0 Å². The van der Waals surface area contributed by atoms with Crippen molar-refractivity contribution in [2.24, 2.45) is 5.73 Å². The highest BCUT2D eigenvalue weighted by molar-refractivity contribution is 5.85. The Labute approximate surface area is 91.1 Å². The average Bonchev–Trinajstić information content (AvgIpc) is 2.18. The van der Waals surface area contributed by atoms with Crippen LogP contribution in [0.15, 0.2) is 24.3 Å². The van der Waals surface area contributed by atoms with Crippen LogP contribution in [0, 0.1) is 11.3 Å². The van der Waals surface area contributed by atoms with E-state index in [0.717, 1.165) is 18.4 Å². The van der Waals surface area contributed by atoms with Gasteiger partial charge in [0.25, 0.3) is 0 Å². The van der Waals surface area contributed by atoms with Gasteiger partial charge in [0.05, 0.1) is 11.6 Å². The van der Waals surface area contributed by atoms with E-state index in [1.54, 1.807) is 0 Å². The summed E-state index contributed by atoms with van der Waals surface area (Å²) in [6, 6.07) is 9.68. The van der Waals surface area contributed by atoms with Crippen molar-refractivity contribution in [3.8, 4) is 6.07 Å². The highest BCUT2D eigenvalue weighted by atomic mass is 35.5. The van der Waals surface area contributed by atoms with Gasteiger partial charge in [0, 0.05) is 6.04 Å². The van der Waals surface area contributed by atoms with Crippen LogP contribution in [-0.2, 0) is 0 Å². The topological polar surface area (TPSA) is 49.8 Å². The number of halogens is 1. The van der Waals surface area contributed by atoms with E-state index in [9.17, 15) is 0 Å². The molecule has 0 unspecified atom stereocenters. The van der Waals surface area contributed by atoms with E-state index in [4.69, 9.17) is 11.0 Å². The molecule has 0 aliphatic rings. The molecule has 0 spiro atoms. The third kappa shape index (κ3) is 3.02. The number of nitrogens with zero attached hydrogens (tertiary/aromatic N) is 1. The lowest BCUT2D eigenvalue weighted by molar-refractivity contribution is 0.637. The van der Waals surface area contributed by atoms with Crippen LogP contribution in [0.5, 0.6) is 0 Å². The van der Waals surface area contributed by atoms with Gasteiger partial charge in [-0.15, -0.1) is 12.4 Å². The molecule has 1 aromatic carbocycles. The molecule has 76 valence electrons. The van der Waals surface area contributed by atoms with Crippen molar-refractivity contribution in [2.45, 2.75) is 25.8 Å². The first kappa shape index (κ1) is 13.0. The molecule has 2 nitrogen and oxygen atoms in total. The summed E-state index contributed by atoms with van der Waals surface area (Å²) in [5.74, 6) is 0. The van der Waals surface area contributed by atoms with Crippen molar-refractivity contribution in [2.75, 3.05) is 0 Å². The van der Waals surface area contributed by atoms with Gasteiger partial charge >= 0.3 is 0 Å². The van der Waals surface area contributed by atoms with Crippen molar-refractivity contribution in [1.82, 2.24) is 0 Å². The summed E-state index contributed by atoms with van der Waals surface area (Å²) < 4.78 is 0. The molecular formula is C11H15ClN2. The Morgan fingerprint density at radius 1 is 1.43 bits per heavy atom. The number of benzene rings is 1. The van der Waals surface area contributed by atoms with E-state index in [0.29, 0.717) is 5.56 Å². The van der Waals surface area contributed by atoms with Gasteiger partial charge in [0.1, 0.15) is 0 Å². The second-order valence-electron chi connectivity index (χ2n) is 3.09. The van der Waals surface area contributed by atoms with E-state index in [1.165, 1.54) is 0 Å². The Hall–Kier alpha value is -1.04. The third-order valence-electron chi connectivity index (χ3n) is 2.08. The van der Waals surface area contributed by atoms with Gasteiger partial charge in [-0.25, -0.2) is 0 Å². The molecule has 0 fully saturated rings. The maximum absolute atomic E-state index is 8.83. The second-order valence-corrected chi connectivity index (χ2v) is 3.09. The Kier molecular flexibility index (Phi) is 5.94. The van der Waals surface area contributed by atoms with E-state index in [-0.39, 0.29) is 18.4 Å². The normalized spacial score (nSPS) is 11.2. The number of hydrogen-bond donors (Lipinski definition) is 1. The monoisotopic (exact) mass is 210 g/mol. The highest BCUT2D eigenvalue weighted by Gasteiger charge is 2.08. The zero-order valence-corrected chi connectivity index (χ0v) is 9.05. The highest BCUT2D eigenvalue weighted by Crippen LogP contribution is 2.18. The molecule has 0 radical (unpaired) electrons. The fourth-order valence-corrected chi connectivity index (χ4v) is 1.39. The summed E-state index contributed by atoms with van der Waals surface area (Å²) in [5, 5.41) is 8.83. The second kappa shape index (κ2) is 6.42. The SMILES string of the molecule is CCC[C@@H](N)c1ccccc1C#N.Cl. The lowest BCUT2D eigenvalue weighted by Gasteiger charge is -2.11.